The SMILES string of the molecule is CC.CC1=C(Nc2nccc(-c3ccccc3)n2)C=C(NC(=O)C2=CC=C(Cn3sc(=O)n(-c4ccccc4)c3=O)C=CC2)CC=C1. The van der Waals surface area contributed by atoms with Crippen LogP contribution in [-0.2, 0) is 11.3 Å². The van der Waals surface area contributed by atoms with Crippen molar-refractivity contribution < 1.29 is 4.79 Å². The number of benzene rings is 2. The molecule has 6 rings (SSSR count). The average molecular weight is 645 g/mol. The first kappa shape index (κ1) is 32.8. The van der Waals surface area contributed by atoms with Gasteiger partial charge in [0.25, 0.3) is 5.91 Å². The molecule has 0 saturated heterocycles. The van der Waals surface area contributed by atoms with Crippen LogP contribution in [0.1, 0.15) is 33.6 Å². The molecule has 0 fully saturated rings. The molecule has 238 valence electrons. The second-order valence-electron chi connectivity index (χ2n) is 10.5. The van der Waals surface area contributed by atoms with Crippen molar-refractivity contribution in [3.8, 4) is 16.9 Å². The molecule has 4 aromatic rings. The maximum Gasteiger partial charge on any atom is 0.346 e. The van der Waals surface area contributed by atoms with Gasteiger partial charge in [0, 0.05) is 46.7 Å². The minimum Gasteiger partial charge on any atom is -0.326 e. The quantitative estimate of drug-likeness (QED) is 0.221. The first-order chi connectivity index (χ1) is 22.9. The Hall–Kier alpha value is -5.61. The van der Waals surface area contributed by atoms with Crippen molar-refractivity contribution in [3.05, 3.63) is 164 Å². The molecule has 47 heavy (non-hydrogen) atoms. The molecule has 0 bridgehead atoms. The summed E-state index contributed by atoms with van der Waals surface area (Å²) in [5, 5.41) is 6.37. The fourth-order valence-corrected chi connectivity index (χ4v) is 5.75. The molecule has 2 aromatic carbocycles. The van der Waals surface area contributed by atoms with Gasteiger partial charge in [-0.2, -0.15) is 0 Å². The molecular formula is C37H36N6O3S. The van der Waals surface area contributed by atoms with E-state index in [0.29, 0.717) is 30.1 Å². The third-order valence-corrected chi connectivity index (χ3v) is 8.12. The lowest BCUT2D eigenvalue weighted by atomic mass is 10.1. The number of amides is 1. The number of carbonyl (C=O) groups is 1. The van der Waals surface area contributed by atoms with Gasteiger partial charge >= 0.3 is 10.6 Å². The molecule has 2 N–H and O–H groups in total. The van der Waals surface area contributed by atoms with Gasteiger partial charge in [0.2, 0.25) is 5.95 Å². The van der Waals surface area contributed by atoms with Gasteiger partial charge in [-0.15, -0.1) is 0 Å². The number of allylic oxidation sites excluding steroid dienone is 9. The van der Waals surface area contributed by atoms with Crippen LogP contribution in [0.4, 0.5) is 5.95 Å². The predicted octanol–water partition coefficient (Wildman–Crippen LogP) is 6.70. The lowest BCUT2D eigenvalue weighted by Crippen LogP contribution is -2.27. The zero-order chi connectivity index (χ0) is 33.2. The van der Waals surface area contributed by atoms with Crippen LogP contribution >= 0.6 is 11.5 Å². The number of para-hydroxylation sites is 1. The molecule has 2 aliphatic rings. The molecular weight excluding hydrogens is 609 g/mol. The summed E-state index contributed by atoms with van der Waals surface area (Å²) in [6.45, 7) is 6.21. The monoisotopic (exact) mass is 644 g/mol. The molecule has 0 spiro atoms. The van der Waals surface area contributed by atoms with Crippen molar-refractivity contribution in [1.29, 1.82) is 0 Å². The largest absolute Gasteiger partial charge is 0.346 e. The Balaban J connectivity index is 0.00000213. The van der Waals surface area contributed by atoms with E-state index in [1.54, 1.807) is 36.5 Å². The van der Waals surface area contributed by atoms with Crippen molar-refractivity contribution in [2.45, 2.75) is 40.2 Å². The first-order valence-electron chi connectivity index (χ1n) is 15.4. The van der Waals surface area contributed by atoms with E-state index in [1.165, 1.54) is 8.52 Å². The lowest BCUT2D eigenvalue weighted by Gasteiger charge is -2.12. The summed E-state index contributed by atoms with van der Waals surface area (Å²) in [4.78, 5) is 47.6. The van der Waals surface area contributed by atoms with Gasteiger partial charge in [-0.3, -0.25) is 9.59 Å². The van der Waals surface area contributed by atoms with Gasteiger partial charge < -0.3 is 10.6 Å². The Morgan fingerprint density at radius 1 is 0.915 bits per heavy atom. The smallest absolute Gasteiger partial charge is 0.326 e. The van der Waals surface area contributed by atoms with Crippen LogP contribution in [0.25, 0.3) is 16.9 Å². The predicted molar refractivity (Wildman–Crippen MR) is 189 cm³/mol. The van der Waals surface area contributed by atoms with Crippen molar-refractivity contribution in [1.82, 2.24) is 23.8 Å². The van der Waals surface area contributed by atoms with Gasteiger partial charge in [0.15, 0.2) is 0 Å². The highest BCUT2D eigenvalue weighted by molar-refractivity contribution is 7.03. The molecule has 0 aliphatic heterocycles. The first-order valence-corrected chi connectivity index (χ1v) is 16.2. The third kappa shape index (κ3) is 8.16. The summed E-state index contributed by atoms with van der Waals surface area (Å²) >= 11 is 0.873. The summed E-state index contributed by atoms with van der Waals surface area (Å²) in [6, 6.07) is 20.6. The van der Waals surface area contributed by atoms with Crippen molar-refractivity contribution in [2.75, 3.05) is 5.32 Å². The number of anilines is 1. The Labute approximate surface area is 277 Å². The Bertz CT molecular complexity index is 2040. The van der Waals surface area contributed by atoms with E-state index < -0.39 is 5.69 Å². The van der Waals surface area contributed by atoms with E-state index in [4.69, 9.17) is 0 Å². The number of carbonyl (C=O) groups excluding carboxylic acids is 1. The van der Waals surface area contributed by atoms with Crippen LogP contribution in [0.5, 0.6) is 0 Å². The highest BCUT2D eigenvalue weighted by atomic mass is 32.1. The molecule has 1 amide bonds. The van der Waals surface area contributed by atoms with Crippen molar-refractivity contribution in [3.63, 3.8) is 0 Å². The fraction of sp³-hybridized carbons (Fsp3) is 0.162. The van der Waals surface area contributed by atoms with Gasteiger partial charge in [0.05, 0.1) is 17.9 Å². The van der Waals surface area contributed by atoms with Gasteiger partial charge in [0.1, 0.15) is 0 Å². The summed E-state index contributed by atoms with van der Waals surface area (Å²) in [7, 11) is 0. The van der Waals surface area contributed by atoms with E-state index in [1.807, 2.05) is 99.7 Å². The van der Waals surface area contributed by atoms with E-state index in [0.717, 1.165) is 45.3 Å². The van der Waals surface area contributed by atoms with Crippen LogP contribution in [0.2, 0.25) is 0 Å². The van der Waals surface area contributed by atoms with Crippen molar-refractivity contribution in [2.24, 2.45) is 0 Å². The molecule has 2 heterocycles. The van der Waals surface area contributed by atoms with Gasteiger partial charge in [-0.05, 0) is 48.8 Å². The number of aromatic nitrogens is 4. The van der Waals surface area contributed by atoms with E-state index in [2.05, 4.69) is 20.6 Å². The Kier molecular flexibility index (Phi) is 10.9. The van der Waals surface area contributed by atoms with Crippen LogP contribution in [0.3, 0.4) is 0 Å². The topological polar surface area (TPSA) is 111 Å². The van der Waals surface area contributed by atoms with E-state index >= 15 is 0 Å². The zero-order valence-corrected chi connectivity index (χ0v) is 27.3. The second-order valence-corrected chi connectivity index (χ2v) is 11.4. The average Bonchev–Trinajstić information content (AvgIpc) is 3.25. The second kappa shape index (κ2) is 15.6. The van der Waals surface area contributed by atoms with Crippen LogP contribution in [0, 0.1) is 0 Å². The fourth-order valence-electron chi connectivity index (χ4n) is 4.92. The van der Waals surface area contributed by atoms with Crippen molar-refractivity contribution >= 4 is 23.4 Å². The summed E-state index contributed by atoms with van der Waals surface area (Å²) in [5.41, 5.74) is 5.82. The molecule has 10 heteroatoms. The maximum absolute atomic E-state index is 13.3. The minimum absolute atomic E-state index is 0.213. The standard InChI is InChI=1S/C35H30N6O3S.C2H6/c1-24-10-8-15-28(22-31(24)39-33-36-21-20-30(38-33)26-12-4-2-5-13-26)37-32(42)27-14-9-11-25(18-19-27)23-40-34(43)41(35(44)45-40)29-16-6-3-7-17-29;1-2/h2-13,16-22H,14-15,23H2,1H3,(H,37,42)(H,36,38,39);1-2H3. The lowest BCUT2D eigenvalue weighted by molar-refractivity contribution is -0.116. The van der Waals surface area contributed by atoms with Crippen LogP contribution < -0.4 is 21.2 Å². The molecule has 0 saturated carbocycles. The normalized spacial score (nSPS) is 14.1. The highest BCUT2D eigenvalue weighted by Crippen LogP contribution is 2.21. The summed E-state index contributed by atoms with van der Waals surface area (Å²) in [5.74, 6) is 0.246. The number of nitrogens with one attached hydrogen (secondary N) is 2. The maximum atomic E-state index is 13.3. The number of rotatable bonds is 8. The van der Waals surface area contributed by atoms with Gasteiger partial charge in [-0.1, -0.05) is 98.8 Å². The van der Waals surface area contributed by atoms with Crippen LogP contribution in [0.15, 0.2) is 153 Å². The van der Waals surface area contributed by atoms with Crippen LogP contribution in [-0.4, -0.2) is 24.4 Å². The summed E-state index contributed by atoms with van der Waals surface area (Å²) in [6.07, 6.45) is 16.0. The van der Waals surface area contributed by atoms with Gasteiger partial charge in [-0.25, -0.2) is 23.3 Å². The number of hydrogen-bond donors (Lipinski definition) is 2. The summed E-state index contributed by atoms with van der Waals surface area (Å²) < 4.78 is 2.59. The number of hydrogen-bond acceptors (Lipinski definition) is 7. The molecule has 9 nitrogen and oxygen atoms in total. The highest BCUT2D eigenvalue weighted by Gasteiger charge is 2.16. The Morgan fingerprint density at radius 3 is 2.40 bits per heavy atom. The Morgan fingerprint density at radius 2 is 1.64 bits per heavy atom. The molecule has 2 aliphatic carbocycles. The molecule has 0 atom stereocenters. The number of nitrogens with zero attached hydrogens (tertiary/aromatic N) is 4. The zero-order valence-electron chi connectivity index (χ0n) is 26.5. The molecule has 0 radical (unpaired) electrons. The van der Waals surface area contributed by atoms with E-state index in [9.17, 15) is 14.4 Å². The molecule has 2 aromatic heterocycles. The minimum atomic E-state index is -0.394. The molecule has 0 unspecified atom stereocenters. The van der Waals surface area contributed by atoms with E-state index in [-0.39, 0.29) is 17.3 Å². The third-order valence-electron chi connectivity index (χ3n) is 7.27.